The van der Waals surface area contributed by atoms with Crippen molar-refractivity contribution in [1.29, 1.82) is 0 Å². The zero-order chi connectivity index (χ0) is 16.9. The Morgan fingerprint density at radius 1 is 0.920 bits per heavy atom. The summed E-state index contributed by atoms with van der Waals surface area (Å²) in [6, 6.07) is 24.0. The first kappa shape index (κ1) is 15.1. The van der Waals surface area contributed by atoms with Crippen LogP contribution >= 0.6 is 0 Å². The molecule has 0 saturated carbocycles. The zero-order valence-corrected chi connectivity index (χ0v) is 13.6. The Balaban J connectivity index is 1.70. The van der Waals surface area contributed by atoms with Gasteiger partial charge in [-0.15, -0.1) is 0 Å². The summed E-state index contributed by atoms with van der Waals surface area (Å²) < 4.78 is 7.21. The molecule has 0 saturated heterocycles. The normalized spacial score (nSPS) is 11.2. The van der Waals surface area contributed by atoms with Crippen molar-refractivity contribution >= 4 is 6.21 Å². The molecular weight excluding hydrogens is 310 g/mol. The minimum Gasteiger partial charge on any atom is -0.467 e. The van der Waals surface area contributed by atoms with E-state index < -0.39 is 0 Å². The second kappa shape index (κ2) is 7.01. The molecule has 2 aromatic heterocycles. The van der Waals surface area contributed by atoms with Gasteiger partial charge in [0.05, 0.1) is 18.5 Å². The minimum atomic E-state index is 0.512. The molecule has 0 atom stereocenters. The van der Waals surface area contributed by atoms with E-state index in [1.165, 1.54) is 0 Å². The van der Waals surface area contributed by atoms with Gasteiger partial charge in [-0.05, 0) is 24.3 Å². The molecule has 4 heteroatoms. The van der Waals surface area contributed by atoms with E-state index in [0.29, 0.717) is 6.54 Å². The number of para-hydroxylation sites is 1. The van der Waals surface area contributed by atoms with Crippen molar-refractivity contribution in [3.05, 3.63) is 96.6 Å². The van der Waals surface area contributed by atoms with E-state index in [0.717, 1.165) is 28.3 Å². The number of aromatic nitrogens is 2. The van der Waals surface area contributed by atoms with Gasteiger partial charge in [-0.3, -0.25) is 4.99 Å². The summed E-state index contributed by atoms with van der Waals surface area (Å²) >= 11 is 0. The lowest BCUT2D eigenvalue weighted by Gasteiger charge is -2.00. The lowest BCUT2D eigenvalue weighted by molar-refractivity contribution is 0.513. The summed E-state index contributed by atoms with van der Waals surface area (Å²) in [6.45, 7) is 0.512. The Bertz CT molecular complexity index is 955. The molecule has 2 heterocycles. The van der Waals surface area contributed by atoms with Crippen molar-refractivity contribution in [2.75, 3.05) is 0 Å². The number of aliphatic imine (C=N–C) groups is 1. The second-order valence-corrected chi connectivity index (χ2v) is 5.63. The molecule has 0 aliphatic rings. The number of furan rings is 1. The van der Waals surface area contributed by atoms with Gasteiger partial charge in [0, 0.05) is 23.5 Å². The summed E-state index contributed by atoms with van der Waals surface area (Å²) in [5, 5.41) is 4.77. The third-order valence-electron chi connectivity index (χ3n) is 3.87. The first-order valence-electron chi connectivity index (χ1n) is 8.13. The fourth-order valence-electron chi connectivity index (χ4n) is 2.65. The molecule has 122 valence electrons. The van der Waals surface area contributed by atoms with Crippen LogP contribution < -0.4 is 0 Å². The predicted octanol–water partition coefficient (Wildman–Crippen LogP) is 4.75. The molecule has 0 spiro atoms. The maximum Gasteiger partial charge on any atom is 0.125 e. The van der Waals surface area contributed by atoms with Crippen molar-refractivity contribution < 1.29 is 4.42 Å². The molecular formula is C21H17N3O. The fourth-order valence-corrected chi connectivity index (χ4v) is 2.65. The molecule has 0 N–H and O–H groups in total. The quantitative estimate of drug-likeness (QED) is 0.496. The predicted molar refractivity (Wildman–Crippen MR) is 99.0 cm³/mol. The van der Waals surface area contributed by atoms with Gasteiger partial charge < -0.3 is 4.42 Å². The second-order valence-electron chi connectivity index (χ2n) is 5.63. The van der Waals surface area contributed by atoms with Gasteiger partial charge >= 0.3 is 0 Å². The average molecular weight is 327 g/mol. The Morgan fingerprint density at radius 2 is 1.68 bits per heavy atom. The molecule has 0 fully saturated rings. The SMILES string of the molecule is C(=NCc1ccco1)c1cn(-c2ccccc2)nc1-c1ccccc1. The molecule has 0 aliphatic heterocycles. The standard InChI is InChI=1S/C21H17N3O/c1-3-8-17(9-4-1)21-18(14-22-15-20-12-7-13-25-20)16-24(23-21)19-10-5-2-6-11-19/h1-14,16H,15H2. The molecule has 0 amide bonds. The van der Waals surface area contributed by atoms with Crippen LogP contribution in [0, 0.1) is 0 Å². The van der Waals surface area contributed by atoms with E-state index in [4.69, 9.17) is 9.52 Å². The van der Waals surface area contributed by atoms with Crippen molar-refractivity contribution in [2.24, 2.45) is 4.99 Å². The van der Waals surface area contributed by atoms with Crippen LogP contribution in [0.4, 0.5) is 0 Å². The van der Waals surface area contributed by atoms with Crippen molar-refractivity contribution in [1.82, 2.24) is 9.78 Å². The van der Waals surface area contributed by atoms with Gasteiger partial charge in [-0.2, -0.15) is 5.10 Å². The molecule has 2 aromatic carbocycles. The van der Waals surface area contributed by atoms with E-state index in [1.807, 2.05) is 77.8 Å². The molecule has 25 heavy (non-hydrogen) atoms. The van der Waals surface area contributed by atoms with Crippen LogP contribution in [0.3, 0.4) is 0 Å². The van der Waals surface area contributed by atoms with E-state index in [1.54, 1.807) is 6.26 Å². The fraction of sp³-hybridized carbons (Fsp3) is 0.0476. The van der Waals surface area contributed by atoms with Crippen LogP contribution in [0.15, 0.2) is 94.7 Å². The van der Waals surface area contributed by atoms with Crippen molar-refractivity contribution in [3.8, 4) is 16.9 Å². The summed E-state index contributed by atoms with van der Waals surface area (Å²) in [5.41, 5.74) is 3.97. The zero-order valence-electron chi connectivity index (χ0n) is 13.6. The minimum absolute atomic E-state index is 0.512. The highest BCUT2D eigenvalue weighted by molar-refractivity contribution is 5.88. The first-order chi connectivity index (χ1) is 12.4. The molecule has 0 aliphatic carbocycles. The van der Waals surface area contributed by atoms with Crippen molar-refractivity contribution in [2.45, 2.75) is 6.54 Å². The topological polar surface area (TPSA) is 43.3 Å². The number of hydrogen-bond donors (Lipinski definition) is 0. The average Bonchev–Trinajstić information content (AvgIpc) is 3.33. The Labute approximate surface area is 146 Å². The third kappa shape index (κ3) is 3.43. The van der Waals surface area contributed by atoms with Crippen LogP contribution in [0.2, 0.25) is 0 Å². The molecule has 0 unspecified atom stereocenters. The number of rotatable bonds is 5. The molecule has 4 nitrogen and oxygen atoms in total. The molecule has 4 aromatic rings. The van der Waals surface area contributed by atoms with Crippen LogP contribution in [-0.2, 0) is 6.54 Å². The van der Waals surface area contributed by atoms with Crippen LogP contribution in [0.25, 0.3) is 16.9 Å². The maximum absolute atomic E-state index is 5.33. The molecule has 0 radical (unpaired) electrons. The van der Waals surface area contributed by atoms with Gasteiger partial charge in [0.1, 0.15) is 11.5 Å². The maximum atomic E-state index is 5.33. The van der Waals surface area contributed by atoms with E-state index in [-0.39, 0.29) is 0 Å². The highest BCUT2D eigenvalue weighted by Crippen LogP contribution is 2.22. The van der Waals surface area contributed by atoms with Crippen LogP contribution in [-0.4, -0.2) is 16.0 Å². The van der Waals surface area contributed by atoms with Gasteiger partial charge in [-0.25, -0.2) is 4.68 Å². The van der Waals surface area contributed by atoms with E-state index in [9.17, 15) is 0 Å². The third-order valence-corrected chi connectivity index (χ3v) is 3.87. The van der Waals surface area contributed by atoms with Crippen LogP contribution in [0.1, 0.15) is 11.3 Å². The van der Waals surface area contributed by atoms with Gasteiger partial charge in [0.2, 0.25) is 0 Å². The summed E-state index contributed by atoms with van der Waals surface area (Å²) in [4.78, 5) is 4.51. The summed E-state index contributed by atoms with van der Waals surface area (Å²) in [7, 11) is 0. The lowest BCUT2D eigenvalue weighted by Crippen LogP contribution is -1.93. The first-order valence-corrected chi connectivity index (χ1v) is 8.13. The molecule has 0 bridgehead atoms. The van der Waals surface area contributed by atoms with Gasteiger partial charge in [0.25, 0.3) is 0 Å². The largest absolute Gasteiger partial charge is 0.467 e. The number of benzene rings is 2. The van der Waals surface area contributed by atoms with E-state index >= 15 is 0 Å². The van der Waals surface area contributed by atoms with E-state index in [2.05, 4.69) is 17.1 Å². The monoisotopic (exact) mass is 327 g/mol. The summed E-state index contributed by atoms with van der Waals surface area (Å²) in [6.07, 6.45) is 5.52. The lowest BCUT2D eigenvalue weighted by atomic mass is 10.1. The number of hydrogen-bond acceptors (Lipinski definition) is 3. The van der Waals surface area contributed by atoms with Crippen molar-refractivity contribution in [3.63, 3.8) is 0 Å². The number of nitrogens with zero attached hydrogens (tertiary/aromatic N) is 3. The Morgan fingerprint density at radius 3 is 2.40 bits per heavy atom. The van der Waals surface area contributed by atoms with Gasteiger partial charge in [0.15, 0.2) is 0 Å². The smallest absolute Gasteiger partial charge is 0.125 e. The molecule has 4 rings (SSSR count). The van der Waals surface area contributed by atoms with Crippen LogP contribution in [0.5, 0.6) is 0 Å². The summed E-state index contributed by atoms with van der Waals surface area (Å²) in [5.74, 6) is 0.841. The highest BCUT2D eigenvalue weighted by Gasteiger charge is 2.10. The Hall–Kier alpha value is -3.40. The highest BCUT2D eigenvalue weighted by atomic mass is 16.3. The van der Waals surface area contributed by atoms with Gasteiger partial charge in [-0.1, -0.05) is 48.5 Å². The Kier molecular flexibility index (Phi) is 4.25.